The summed E-state index contributed by atoms with van der Waals surface area (Å²) in [6, 6.07) is 0. The van der Waals surface area contributed by atoms with Crippen LogP contribution >= 0.6 is 0 Å². The average Bonchev–Trinajstić information content (AvgIpc) is 1.81. The highest BCUT2D eigenvalue weighted by Crippen LogP contribution is 2.20. The van der Waals surface area contributed by atoms with E-state index in [4.69, 9.17) is 0 Å². The van der Waals surface area contributed by atoms with Crippen LogP contribution in [0.2, 0.25) is 0 Å². The quantitative estimate of drug-likeness (QED) is 0.670. The van der Waals surface area contributed by atoms with Crippen LogP contribution in [0.5, 0.6) is 0 Å². The lowest BCUT2D eigenvalue weighted by Crippen LogP contribution is -2.21. The molecule has 0 aliphatic rings. The SMILES string of the molecule is C.CCC[C@H](C(C)C)[C@H](C)O. The summed E-state index contributed by atoms with van der Waals surface area (Å²) >= 11 is 0. The lowest BCUT2D eigenvalue weighted by molar-refractivity contribution is 0.0914. The second-order valence-electron chi connectivity index (χ2n) is 3.44. The van der Waals surface area contributed by atoms with Crippen LogP contribution in [0, 0.1) is 11.8 Å². The van der Waals surface area contributed by atoms with Crippen molar-refractivity contribution in [1.82, 2.24) is 0 Å². The zero-order valence-corrected chi connectivity index (χ0v) is 7.59. The van der Waals surface area contributed by atoms with Crippen molar-refractivity contribution >= 4 is 0 Å². The molecule has 0 aromatic heterocycles. The molecule has 0 radical (unpaired) electrons. The topological polar surface area (TPSA) is 20.2 Å². The molecule has 0 aliphatic carbocycles. The maximum Gasteiger partial charge on any atom is 0.0542 e. The van der Waals surface area contributed by atoms with E-state index in [9.17, 15) is 5.11 Å². The molecule has 0 bridgehead atoms. The summed E-state index contributed by atoms with van der Waals surface area (Å²) in [5, 5.41) is 9.31. The lowest BCUT2D eigenvalue weighted by atomic mass is 9.87. The molecule has 0 fully saturated rings. The van der Waals surface area contributed by atoms with E-state index < -0.39 is 0 Å². The van der Waals surface area contributed by atoms with Gasteiger partial charge in [-0.15, -0.1) is 0 Å². The molecular weight excluding hydrogens is 136 g/mol. The van der Waals surface area contributed by atoms with Crippen molar-refractivity contribution in [2.45, 2.75) is 54.1 Å². The number of hydrogen-bond donors (Lipinski definition) is 1. The molecule has 1 N–H and O–H groups in total. The number of aliphatic hydroxyl groups excluding tert-OH is 1. The highest BCUT2D eigenvalue weighted by Gasteiger charge is 2.16. The molecular formula is C10H24O. The van der Waals surface area contributed by atoms with Gasteiger partial charge in [-0.05, 0) is 25.2 Å². The molecule has 0 spiro atoms. The van der Waals surface area contributed by atoms with Gasteiger partial charge in [-0.3, -0.25) is 0 Å². The fourth-order valence-corrected chi connectivity index (χ4v) is 1.46. The van der Waals surface area contributed by atoms with Crippen LogP contribution in [0.15, 0.2) is 0 Å². The van der Waals surface area contributed by atoms with Gasteiger partial charge in [0.05, 0.1) is 6.10 Å². The van der Waals surface area contributed by atoms with Gasteiger partial charge in [0, 0.05) is 0 Å². The minimum atomic E-state index is -0.139. The smallest absolute Gasteiger partial charge is 0.0542 e. The van der Waals surface area contributed by atoms with E-state index in [2.05, 4.69) is 20.8 Å². The van der Waals surface area contributed by atoms with Gasteiger partial charge < -0.3 is 5.11 Å². The van der Waals surface area contributed by atoms with Gasteiger partial charge in [-0.25, -0.2) is 0 Å². The predicted molar refractivity (Wildman–Crippen MR) is 51.6 cm³/mol. The van der Waals surface area contributed by atoms with Gasteiger partial charge in [0.15, 0.2) is 0 Å². The Hall–Kier alpha value is -0.0400. The zero-order valence-electron chi connectivity index (χ0n) is 7.59. The first-order chi connectivity index (χ1) is 4.59. The van der Waals surface area contributed by atoms with Crippen LogP contribution in [0.1, 0.15) is 48.0 Å². The van der Waals surface area contributed by atoms with E-state index in [-0.39, 0.29) is 13.5 Å². The summed E-state index contributed by atoms with van der Waals surface area (Å²) in [5.74, 6) is 1.10. The highest BCUT2D eigenvalue weighted by atomic mass is 16.3. The minimum absolute atomic E-state index is 0. The molecule has 0 heterocycles. The summed E-state index contributed by atoms with van der Waals surface area (Å²) in [5.41, 5.74) is 0. The first kappa shape index (κ1) is 13.5. The van der Waals surface area contributed by atoms with Crippen molar-refractivity contribution in [3.8, 4) is 0 Å². The average molecular weight is 160 g/mol. The highest BCUT2D eigenvalue weighted by molar-refractivity contribution is 4.67. The van der Waals surface area contributed by atoms with E-state index in [1.807, 2.05) is 6.92 Å². The van der Waals surface area contributed by atoms with Crippen molar-refractivity contribution < 1.29 is 5.11 Å². The van der Waals surface area contributed by atoms with E-state index in [1.165, 1.54) is 6.42 Å². The number of hydrogen-bond acceptors (Lipinski definition) is 1. The van der Waals surface area contributed by atoms with Crippen LogP contribution < -0.4 is 0 Å². The van der Waals surface area contributed by atoms with Crippen LogP contribution in [0.3, 0.4) is 0 Å². The Labute approximate surface area is 71.8 Å². The third kappa shape index (κ3) is 5.25. The molecule has 0 saturated carbocycles. The molecule has 0 rings (SSSR count). The van der Waals surface area contributed by atoms with Gasteiger partial charge in [0.2, 0.25) is 0 Å². The maximum atomic E-state index is 9.31. The Kier molecular flexibility index (Phi) is 8.20. The number of aliphatic hydroxyl groups is 1. The molecule has 0 saturated heterocycles. The molecule has 11 heavy (non-hydrogen) atoms. The Morgan fingerprint density at radius 1 is 1.18 bits per heavy atom. The van der Waals surface area contributed by atoms with Crippen molar-refractivity contribution in [1.29, 1.82) is 0 Å². The first-order valence-corrected chi connectivity index (χ1v) is 4.27. The zero-order chi connectivity index (χ0) is 8.15. The first-order valence-electron chi connectivity index (χ1n) is 4.27. The van der Waals surface area contributed by atoms with E-state index in [1.54, 1.807) is 0 Å². The number of rotatable bonds is 4. The largest absolute Gasteiger partial charge is 0.393 e. The Balaban J connectivity index is 0. The van der Waals surface area contributed by atoms with Gasteiger partial charge in [0.25, 0.3) is 0 Å². The molecule has 0 aromatic rings. The Morgan fingerprint density at radius 3 is 1.73 bits per heavy atom. The van der Waals surface area contributed by atoms with Gasteiger partial charge in [-0.2, -0.15) is 0 Å². The summed E-state index contributed by atoms with van der Waals surface area (Å²) in [4.78, 5) is 0. The Bertz CT molecular complexity index is 68.9. The maximum absolute atomic E-state index is 9.31. The standard InChI is InChI=1S/C9H20O.CH4/c1-5-6-9(7(2)3)8(4)10;/h7-10H,5-6H2,1-4H3;1H4/t8-,9+;/m0./s1. The predicted octanol–water partition coefficient (Wildman–Crippen LogP) is 3.08. The van der Waals surface area contributed by atoms with Gasteiger partial charge in [-0.1, -0.05) is 34.6 Å². The van der Waals surface area contributed by atoms with Crippen molar-refractivity contribution in [2.75, 3.05) is 0 Å². The van der Waals surface area contributed by atoms with Crippen LogP contribution in [-0.2, 0) is 0 Å². The molecule has 70 valence electrons. The van der Waals surface area contributed by atoms with Crippen molar-refractivity contribution in [3.05, 3.63) is 0 Å². The summed E-state index contributed by atoms with van der Waals surface area (Å²) in [6.07, 6.45) is 2.18. The second-order valence-corrected chi connectivity index (χ2v) is 3.44. The monoisotopic (exact) mass is 160 g/mol. The summed E-state index contributed by atoms with van der Waals surface area (Å²) < 4.78 is 0. The van der Waals surface area contributed by atoms with Gasteiger partial charge >= 0.3 is 0 Å². The third-order valence-corrected chi connectivity index (χ3v) is 2.10. The van der Waals surface area contributed by atoms with Gasteiger partial charge in [0.1, 0.15) is 0 Å². The lowest BCUT2D eigenvalue weighted by Gasteiger charge is -2.22. The third-order valence-electron chi connectivity index (χ3n) is 2.10. The van der Waals surface area contributed by atoms with Crippen LogP contribution in [-0.4, -0.2) is 11.2 Å². The summed E-state index contributed by atoms with van der Waals surface area (Å²) in [6.45, 7) is 8.40. The molecule has 2 atom stereocenters. The Morgan fingerprint density at radius 2 is 1.64 bits per heavy atom. The van der Waals surface area contributed by atoms with Crippen molar-refractivity contribution in [2.24, 2.45) is 11.8 Å². The fraction of sp³-hybridized carbons (Fsp3) is 1.00. The van der Waals surface area contributed by atoms with E-state index in [0.717, 1.165) is 6.42 Å². The molecule has 0 aromatic carbocycles. The second kappa shape index (κ2) is 6.66. The summed E-state index contributed by atoms with van der Waals surface area (Å²) in [7, 11) is 0. The normalized spacial score (nSPS) is 15.8. The van der Waals surface area contributed by atoms with Crippen LogP contribution in [0.25, 0.3) is 0 Å². The molecule has 0 unspecified atom stereocenters. The molecule has 1 heteroatoms. The molecule has 1 nitrogen and oxygen atoms in total. The van der Waals surface area contributed by atoms with Crippen LogP contribution in [0.4, 0.5) is 0 Å². The molecule has 0 aliphatic heterocycles. The van der Waals surface area contributed by atoms with E-state index in [0.29, 0.717) is 11.8 Å². The van der Waals surface area contributed by atoms with Crippen molar-refractivity contribution in [3.63, 3.8) is 0 Å². The molecule has 0 amide bonds. The van der Waals surface area contributed by atoms with E-state index >= 15 is 0 Å². The fourth-order valence-electron chi connectivity index (χ4n) is 1.46. The minimum Gasteiger partial charge on any atom is -0.393 e.